The van der Waals surface area contributed by atoms with Gasteiger partial charge in [0.2, 0.25) is 5.91 Å². The largest absolute Gasteiger partial charge is 0.339 e. The number of hydrogen-bond donors (Lipinski definition) is 1. The van der Waals surface area contributed by atoms with Gasteiger partial charge >= 0.3 is 0 Å². The van der Waals surface area contributed by atoms with Gasteiger partial charge in [-0.25, -0.2) is 0 Å². The van der Waals surface area contributed by atoms with Crippen molar-refractivity contribution in [2.24, 2.45) is 0 Å². The fourth-order valence-electron chi connectivity index (χ4n) is 2.63. The summed E-state index contributed by atoms with van der Waals surface area (Å²) in [7, 11) is 0. The van der Waals surface area contributed by atoms with E-state index in [4.69, 9.17) is 0 Å². The van der Waals surface area contributed by atoms with Crippen LogP contribution in [0.1, 0.15) is 18.4 Å². The summed E-state index contributed by atoms with van der Waals surface area (Å²) in [5.41, 5.74) is 1.35. The van der Waals surface area contributed by atoms with Crippen molar-refractivity contribution in [2.45, 2.75) is 25.4 Å². The Balaban J connectivity index is 1.40. The van der Waals surface area contributed by atoms with Gasteiger partial charge in [0, 0.05) is 38.8 Å². The van der Waals surface area contributed by atoms with E-state index < -0.39 is 0 Å². The fraction of sp³-hybridized carbons (Fsp3) is 0.562. The molecule has 0 unspecified atom stereocenters. The molecule has 1 saturated carbocycles. The lowest BCUT2D eigenvalue weighted by Gasteiger charge is -2.34. The predicted octanol–water partition coefficient (Wildman–Crippen LogP) is 1.08. The minimum absolute atomic E-state index is 0.260. The molecule has 1 aromatic rings. The standard InChI is InChI=1S/C16H23N3O/c20-16(12-17-15-6-7-15)19-10-8-18(9-11-19)13-14-4-2-1-3-5-14/h1-5,15,17H,6-13H2. The summed E-state index contributed by atoms with van der Waals surface area (Å²) in [4.78, 5) is 16.5. The summed E-state index contributed by atoms with van der Waals surface area (Å²) in [5.74, 6) is 0.260. The number of benzene rings is 1. The van der Waals surface area contributed by atoms with Crippen LogP contribution in [0.15, 0.2) is 30.3 Å². The van der Waals surface area contributed by atoms with Crippen molar-refractivity contribution in [1.82, 2.24) is 15.1 Å². The minimum atomic E-state index is 0.260. The Kier molecular flexibility index (Phi) is 4.33. The molecule has 1 aliphatic heterocycles. The Labute approximate surface area is 120 Å². The maximum atomic E-state index is 12.0. The van der Waals surface area contributed by atoms with Gasteiger partial charge in [0.1, 0.15) is 0 Å². The number of nitrogens with one attached hydrogen (secondary N) is 1. The number of piperazine rings is 1. The quantitative estimate of drug-likeness (QED) is 0.872. The Bertz CT molecular complexity index is 436. The van der Waals surface area contributed by atoms with E-state index in [1.807, 2.05) is 11.0 Å². The van der Waals surface area contributed by atoms with Gasteiger partial charge in [-0.15, -0.1) is 0 Å². The van der Waals surface area contributed by atoms with Crippen molar-refractivity contribution in [3.05, 3.63) is 35.9 Å². The molecule has 0 radical (unpaired) electrons. The van der Waals surface area contributed by atoms with Crippen LogP contribution in [-0.4, -0.2) is 54.5 Å². The predicted molar refractivity (Wildman–Crippen MR) is 79.3 cm³/mol. The van der Waals surface area contributed by atoms with E-state index in [1.165, 1.54) is 18.4 Å². The highest BCUT2D eigenvalue weighted by Crippen LogP contribution is 2.18. The van der Waals surface area contributed by atoms with Crippen LogP contribution in [0.3, 0.4) is 0 Å². The first kappa shape index (κ1) is 13.6. The van der Waals surface area contributed by atoms with Crippen LogP contribution in [0.5, 0.6) is 0 Å². The molecular weight excluding hydrogens is 250 g/mol. The maximum absolute atomic E-state index is 12.0. The average molecular weight is 273 g/mol. The van der Waals surface area contributed by atoms with Crippen molar-refractivity contribution in [1.29, 1.82) is 0 Å². The number of hydrogen-bond acceptors (Lipinski definition) is 3. The van der Waals surface area contributed by atoms with Gasteiger partial charge in [-0.05, 0) is 18.4 Å². The van der Waals surface area contributed by atoms with E-state index in [1.54, 1.807) is 0 Å². The molecule has 108 valence electrons. The average Bonchev–Trinajstić information content (AvgIpc) is 3.31. The van der Waals surface area contributed by atoms with E-state index in [9.17, 15) is 4.79 Å². The minimum Gasteiger partial charge on any atom is -0.339 e. The molecule has 0 bridgehead atoms. The highest BCUT2D eigenvalue weighted by Gasteiger charge is 2.24. The molecule has 2 aliphatic rings. The highest BCUT2D eigenvalue weighted by molar-refractivity contribution is 5.78. The summed E-state index contributed by atoms with van der Waals surface area (Å²) >= 11 is 0. The second-order valence-corrected chi connectivity index (χ2v) is 5.80. The molecule has 4 nitrogen and oxygen atoms in total. The van der Waals surface area contributed by atoms with Crippen LogP contribution in [0.2, 0.25) is 0 Å². The molecule has 1 aliphatic carbocycles. The monoisotopic (exact) mass is 273 g/mol. The highest BCUT2D eigenvalue weighted by atomic mass is 16.2. The lowest BCUT2D eigenvalue weighted by molar-refractivity contribution is -0.132. The zero-order chi connectivity index (χ0) is 13.8. The zero-order valence-electron chi connectivity index (χ0n) is 11.9. The van der Waals surface area contributed by atoms with Gasteiger partial charge in [0.25, 0.3) is 0 Å². The Morgan fingerprint density at radius 1 is 1.10 bits per heavy atom. The van der Waals surface area contributed by atoms with Gasteiger partial charge in [-0.3, -0.25) is 9.69 Å². The van der Waals surface area contributed by atoms with E-state index in [0.717, 1.165) is 32.7 Å². The molecule has 1 saturated heterocycles. The normalized spacial score (nSPS) is 20.1. The molecule has 3 rings (SSSR count). The van der Waals surface area contributed by atoms with Crippen molar-refractivity contribution in [3.63, 3.8) is 0 Å². The van der Waals surface area contributed by atoms with Gasteiger partial charge in [-0.2, -0.15) is 0 Å². The van der Waals surface area contributed by atoms with E-state index in [2.05, 4.69) is 34.5 Å². The Morgan fingerprint density at radius 2 is 1.80 bits per heavy atom. The SMILES string of the molecule is O=C(CNC1CC1)N1CCN(Cc2ccccc2)CC1. The van der Waals surface area contributed by atoms with Gasteiger partial charge in [-0.1, -0.05) is 30.3 Å². The molecule has 1 heterocycles. The first-order valence-corrected chi connectivity index (χ1v) is 7.59. The molecule has 0 atom stereocenters. The maximum Gasteiger partial charge on any atom is 0.236 e. The molecule has 0 aromatic heterocycles. The second-order valence-electron chi connectivity index (χ2n) is 5.80. The molecule has 0 spiro atoms. The topological polar surface area (TPSA) is 35.6 Å². The third-order valence-electron chi connectivity index (χ3n) is 4.09. The lowest BCUT2D eigenvalue weighted by Crippen LogP contribution is -2.50. The van der Waals surface area contributed by atoms with Crippen LogP contribution < -0.4 is 5.32 Å². The van der Waals surface area contributed by atoms with Gasteiger partial charge in [0.05, 0.1) is 6.54 Å². The van der Waals surface area contributed by atoms with Crippen LogP contribution in [0.25, 0.3) is 0 Å². The molecule has 4 heteroatoms. The smallest absolute Gasteiger partial charge is 0.236 e. The fourth-order valence-corrected chi connectivity index (χ4v) is 2.63. The summed E-state index contributed by atoms with van der Waals surface area (Å²) < 4.78 is 0. The third-order valence-corrected chi connectivity index (χ3v) is 4.09. The van der Waals surface area contributed by atoms with Crippen LogP contribution >= 0.6 is 0 Å². The van der Waals surface area contributed by atoms with Gasteiger partial charge < -0.3 is 10.2 Å². The zero-order valence-corrected chi connectivity index (χ0v) is 11.9. The van der Waals surface area contributed by atoms with E-state index in [-0.39, 0.29) is 5.91 Å². The molecule has 2 fully saturated rings. The number of carbonyl (C=O) groups is 1. The second kappa shape index (κ2) is 6.37. The van der Waals surface area contributed by atoms with Crippen molar-refractivity contribution < 1.29 is 4.79 Å². The first-order chi connectivity index (χ1) is 9.81. The van der Waals surface area contributed by atoms with E-state index in [0.29, 0.717) is 12.6 Å². The van der Waals surface area contributed by atoms with Gasteiger partial charge in [0.15, 0.2) is 0 Å². The summed E-state index contributed by atoms with van der Waals surface area (Å²) in [5, 5.41) is 3.30. The van der Waals surface area contributed by atoms with E-state index >= 15 is 0 Å². The molecular formula is C16H23N3O. The number of carbonyl (C=O) groups excluding carboxylic acids is 1. The van der Waals surface area contributed by atoms with Crippen LogP contribution in [-0.2, 0) is 11.3 Å². The number of amides is 1. The Hall–Kier alpha value is -1.39. The third kappa shape index (κ3) is 3.81. The van der Waals surface area contributed by atoms with Crippen LogP contribution in [0.4, 0.5) is 0 Å². The molecule has 20 heavy (non-hydrogen) atoms. The molecule has 1 N–H and O–H groups in total. The molecule has 1 aromatic carbocycles. The summed E-state index contributed by atoms with van der Waals surface area (Å²) in [6.07, 6.45) is 2.47. The number of rotatable bonds is 5. The van der Waals surface area contributed by atoms with Crippen molar-refractivity contribution in [3.8, 4) is 0 Å². The van der Waals surface area contributed by atoms with Crippen molar-refractivity contribution >= 4 is 5.91 Å². The van der Waals surface area contributed by atoms with Crippen LogP contribution in [0, 0.1) is 0 Å². The summed E-state index contributed by atoms with van der Waals surface area (Å²) in [6.45, 7) is 5.18. The summed E-state index contributed by atoms with van der Waals surface area (Å²) in [6, 6.07) is 11.1. The first-order valence-electron chi connectivity index (χ1n) is 7.59. The molecule has 1 amide bonds. The number of nitrogens with zero attached hydrogens (tertiary/aromatic N) is 2. The Morgan fingerprint density at radius 3 is 2.45 bits per heavy atom. The van der Waals surface area contributed by atoms with Crippen molar-refractivity contribution in [2.75, 3.05) is 32.7 Å². The lowest BCUT2D eigenvalue weighted by atomic mass is 10.2.